The number of piperazine rings is 1. The fourth-order valence-corrected chi connectivity index (χ4v) is 6.42. The molecule has 1 aromatic carbocycles. The predicted octanol–water partition coefficient (Wildman–Crippen LogP) is 2.81. The molecule has 1 fully saturated rings. The van der Waals surface area contributed by atoms with Gasteiger partial charge in [-0.3, -0.25) is 4.79 Å². The lowest BCUT2D eigenvalue weighted by atomic mass is 9.92. The van der Waals surface area contributed by atoms with Crippen LogP contribution in [-0.2, 0) is 27.7 Å². The lowest BCUT2D eigenvalue weighted by Gasteiger charge is -2.34. The fraction of sp³-hybridized carbons (Fsp3) is 0.500. The van der Waals surface area contributed by atoms with Crippen LogP contribution in [0.3, 0.4) is 0 Å². The molecular weight excluding hydrogens is 418 g/mol. The molecule has 0 radical (unpaired) electrons. The van der Waals surface area contributed by atoms with Gasteiger partial charge in [0.1, 0.15) is 0 Å². The lowest BCUT2D eigenvalue weighted by molar-refractivity contribution is -0.131. The van der Waals surface area contributed by atoms with E-state index in [1.165, 1.54) is 26.7 Å². The molecule has 162 valence electrons. The summed E-state index contributed by atoms with van der Waals surface area (Å²) in [6.45, 7) is 3.84. The van der Waals surface area contributed by atoms with Crippen LogP contribution >= 0.6 is 11.3 Å². The maximum atomic E-state index is 13.1. The van der Waals surface area contributed by atoms with Crippen molar-refractivity contribution in [1.29, 1.82) is 0 Å². The Morgan fingerprint density at radius 2 is 1.83 bits per heavy atom. The van der Waals surface area contributed by atoms with E-state index in [4.69, 9.17) is 0 Å². The highest BCUT2D eigenvalue weighted by molar-refractivity contribution is 7.89. The third kappa shape index (κ3) is 4.61. The first kappa shape index (κ1) is 21.5. The number of rotatable bonds is 6. The van der Waals surface area contributed by atoms with Crippen LogP contribution in [0.2, 0.25) is 0 Å². The number of amides is 1. The van der Waals surface area contributed by atoms with Gasteiger partial charge in [0.15, 0.2) is 0 Å². The van der Waals surface area contributed by atoms with Crippen LogP contribution < -0.4 is 5.32 Å². The minimum absolute atomic E-state index is 0.0178. The molecule has 2 aliphatic rings. The second-order valence-corrected chi connectivity index (χ2v) is 11.0. The number of nitrogens with zero attached hydrogens (tertiary/aromatic N) is 2. The largest absolute Gasteiger partial charge is 0.339 e. The maximum Gasteiger partial charge on any atom is 0.243 e. The highest BCUT2D eigenvalue weighted by Gasteiger charge is 2.30. The van der Waals surface area contributed by atoms with Crippen LogP contribution in [0, 0.1) is 0 Å². The van der Waals surface area contributed by atoms with Crippen molar-refractivity contribution in [3.05, 3.63) is 51.7 Å². The Morgan fingerprint density at radius 3 is 2.53 bits per heavy atom. The zero-order valence-corrected chi connectivity index (χ0v) is 19.0. The Morgan fingerprint density at radius 1 is 1.10 bits per heavy atom. The molecule has 2 heterocycles. The number of hydrogen-bond donors (Lipinski definition) is 1. The first-order valence-corrected chi connectivity index (χ1v) is 12.9. The number of sulfonamides is 1. The number of carbonyl (C=O) groups is 1. The van der Waals surface area contributed by atoms with Gasteiger partial charge in [-0.05, 0) is 67.3 Å². The predicted molar refractivity (Wildman–Crippen MR) is 119 cm³/mol. The van der Waals surface area contributed by atoms with Crippen LogP contribution in [0.25, 0.3) is 0 Å². The van der Waals surface area contributed by atoms with Crippen molar-refractivity contribution in [2.45, 2.75) is 43.5 Å². The van der Waals surface area contributed by atoms with Crippen molar-refractivity contribution < 1.29 is 13.2 Å². The zero-order chi connectivity index (χ0) is 21.1. The number of hydrogen-bond acceptors (Lipinski definition) is 5. The van der Waals surface area contributed by atoms with E-state index in [-0.39, 0.29) is 18.5 Å². The van der Waals surface area contributed by atoms with Crippen molar-refractivity contribution in [2.75, 3.05) is 32.7 Å². The van der Waals surface area contributed by atoms with Gasteiger partial charge in [0.05, 0.1) is 11.4 Å². The van der Waals surface area contributed by atoms with Crippen LogP contribution in [0.5, 0.6) is 0 Å². The smallest absolute Gasteiger partial charge is 0.243 e. The van der Waals surface area contributed by atoms with Crippen molar-refractivity contribution in [1.82, 2.24) is 14.5 Å². The van der Waals surface area contributed by atoms with E-state index in [2.05, 4.69) is 11.4 Å². The highest BCUT2D eigenvalue weighted by Crippen LogP contribution is 2.26. The van der Waals surface area contributed by atoms with E-state index in [9.17, 15) is 13.2 Å². The van der Waals surface area contributed by atoms with Gasteiger partial charge in [0, 0.05) is 37.1 Å². The first-order valence-electron chi connectivity index (χ1n) is 10.6. The Kier molecular flexibility index (Phi) is 6.57. The van der Waals surface area contributed by atoms with E-state index in [1.807, 2.05) is 30.5 Å². The molecule has 1 N–H and O–H groups in total. The Balaban J connectivity index is 1.33. The molecule has 6 nitrogen and oxygen atoms in total. The molecule has 1 saturated heterocycles. The summed E-state index contributed by atoms with van der Waals surface area (Å²) in [5.74, 6) is 0.0178. The Bertz CT molecular complexity index is 981. The van der Waals surface area contributed by atoms with Gasteiger partial charge in [0.2, 0.25) is 15.9 Å². The molecule has 1 aromatic heterocycles. The number of fused-ring (bicyclic) bond motifs is 1. The average Bonchev–Trinajstić information content (AvgIpc) is 3.32. The van der Waals surface area contributed by atoms with Crippen LogP contribution in [0.15, 0.2) is 40.6 Å². The summed E-state index contributed by atoms with van der Waals surface area (Å²) in [4.78, 5) is 15.9. The quantitative estimate of drug-likeness (QED) is 0.739. The molecule has 2 aromatic rings. The van der Waals surface area contributed by atoms with E-state index < -0.39 is 10.0 Å². The van der Waals surface area contributed by atoms with Crippen LogP contribution in [0.1, 0.15) is 41.8 Å². The van der Waals surface area contributed by atoms with Crippen LogP contribution in [-0.4, -0.2) is 56.3 Å². The summed E-state index contributed by atoms with van der Waals surface area (Å²) in [6.07, 6.45) is 4.29. The average molecular weight is 448 g/mol. The van der Waals surface area contributed by atoms with E-state index in [0.29, 0.717) is 31.1 Å². The van der Waals surface area contributed by atoms with Crippen molar-refractivity contribution in [3.63, 3.8) is 0 Å². The second-order valence-electron chi connectivity index (χ2n) is 8.04. The third-order valence-electron chi connectivity index (χ3n) is 6.08. The monoisotopic (exact) mass is 447 g/mol. The van der Waals surface area contributed by atoms with Gasteiger partial charge in [0.25, 0.3) is 0 Å². The number of benzene rings is 1. The molecule has 1 aliphatic heterocycles. The number of carbonyl (C=O) groups excluding carboxylic acids is 1. The van der Waals surface area contributed by atoms with Crippen molar-refractivity contribution in [3.8, 4) is 0 Å². The molecule has 0 saturated carbocycles. The summed E-state index contributed by atoms with van der Waals surface area (Å²) in [6, 6.07) is 9.75. The van der Waals surface area contributed by atoms with Gasteiger partial charge < -0.3 is 10.2 Å². The van der Waals surface area contributed by atoms with Gasteiger partial charge in [-0.1, -0.05) is 12.1 Å². The number of aryl methyl sites for hydroxylation is 2. The Hall–Kier alpha value is -1.74. The first-order chi connectivity index (χ1) is 14.4. The molecule has 4 rings (SSSR count). The molecule has 0 bridgehead atoms. The van der Waals surface area contributed by atoms with Gasteiger partial charge in [-0.25, -0.2) is 8.42 Å². The topological polar surface area (TPSA) is 69.7 Å². The number of thiophene rings is 1. The summed E-state index contributed by atoms with van der Waals surface area (Å²) < 4.78 is 27.7. The van der Waals surface area contributed by atoms with E-state index in [0.717, 1.165) is 19.3 Å². The molecule has 8 heteroatoms. The fourth-order valence-electron chi connectivity index (χ4n) is 4.19. The summed E-state index contributed by atoms with van der Waals surface area (Å²) >= 11 is 1.67. The van der Waals surface area contributed by atoms with Gasteiger partial charge >= 0.3 is 0 Å². The van der Waals surface area contributed by atoms with E-state index >= 15 is 0 Å². The zero-order valence-electron chi connectivity index (χ0n) is 17.3. The minimum atomic E-state index is -3.52. The van der Waals surface area contributed by atoms with Crippen molar-refractivity contribution in [2.24, 2.45) is 0 Å². The molecule has 0 spiro atoms. The SMILES string of the molecule is CC(NCC(=O)N1CCN(S(=O)(=O)c2ccc3c(c2)CCCC3)CC1)c1cccs1. The second kappa shape index (κ2) is 9.18. The normalized spacial score (nSPS) is 18.8. The molecule has 1 unspecified atom stereocenters. The van der Waals surface area contributed by atoms with Gasteiger partial charge in [-0.2, -0.15) is 4.31 Å². The molecule has 1 amide bonds. The Labute approximate surface area is 182 Å². The molecule has 1 atom stereocenters. The summed E-state index contributed by atoms with van der Waals surface area (Å²) in [5.41, 5.74) is 2.45. The van der Waals surface area contributed by atoms with Crippen LogP contribution in [0.4, 0.5) is 0 Å². The van der Waals surface area contributed by atoms with E-state index in [1.54, 1.807) is 22.3 Å². The minimum Gasteiger partial charge on any atom is -0.339 e. The lowest BCUT2D eigenvalue weighted by Crippen LogP contribution is -2.52. The summed E-state index contributed by atoms with van der Waals surface area (Å²) in [5, 5.41) is 5.29. The van der Waals surface area contributed by atoms with Gasteiger partial charge in [-0.15, -0.1) is 11.3 Å². The standard InChI is InChI=1S/C22H29N3O3S2/c1-17(21-7-4-14-29-21)23-16-22(26)24-10-12-25(13-11-24)30(27,28)20-9-8-18-5-2-3-6-19(18)15-20/h4,7-9,14-15,17,23H,2-3,5-6,10-13,16H2,1H3. The molecule has 30 heavy (non-hydrogen) atoms. The highest BCUT2D eigenvalue weighted by atomic mass is 32.2. The van der Waals surface area contributed by atoms with Crippen molar-refractivity contribution >= 4 is 27.3 Å². The summed E-state index contributed by atoms with van der Waals surface area (Å²) in [7, 11) is -3.52. The maximum absolute atomic E-state index is 13.1. The molecular formula is C22H29N3O3S2. The number of nitrogens with one attached hydrogen (secondary N) is 1. The third-order valence-corrected chi connectivity index (χ3v) is 9.03. The molecule has 1 aliphatic carbocycles.